The number of ether oxygens (including phenoxy) is 1. The molecule has 0 aromatic rings. The highest BCUT2D eigenvalue weighted by atomic mass is 32.2. The lowest BCUT2D eigenvalue weighted by Crippen LogP contribution is -2.47. The standard InChI is InChI=1S/C11H24N2O3S/c1-10(2)16-7-8-17(14,15)13(3)11-5-4-6-12-9-11/h10-12H,4-9H2,1-3H3. The number of nitrogens with zero attached hydrogens (tertiary/aromatic N) is 1. The molecule has 0 aromatic carbocycles. The average Bonchev–Trinajstić information content (AvgIpc) is 2.28. The van der Waals surface area contributed by atoms with Gasteiger partial charge < -0.3 is 10.1 Å². The number of piperidine rings is 1. The average molecular weight is 264 g/mol. The Bertz CT molecular complexity index is 311. The fraction of sp³-hybridized carbons (Fsp3) is 1.00. The number of hydrogen-bond donors (Lipinski definition) is 1. The van der Waals surface area contributed by atoms with Crippen LogP contribution >= 0.6 is 0 Å². The largest absolute Gasteiger partial charge is 0.378 e. The molecule has 0 aromatic heterocycles. The van der Waals surface area contributed by atoms with Crippen LogP contribution in [-0.2, 0) is 14.8 Å². The van der Waals surface area contributed by atoms with E-state index in [0.717, 1.165) is 25.9 Å². The van der Waals surface area contributed by atoms with Gasteiger partial charge in [-0.1, -0.05) is 0 Å². The first-order chi connectivity index (χ1) is 7.93. The normalized spacial score (nSPS) is 22.3. The maximum atomic E-state index is 12.0. The molecule has 1 unspecified atom stereocenters. The van der Waals surface area contributed by atoms with E-state index in [1.807, 2.05) is 13.8 Å². The Kier molecular flexibility index (Phi) is 5.85. The van der Waals surface area contributed by atoms with Crippen LogP contribution in [-0.4, -0.2) is 57.4 Å². The van der Waals surface area contributed by atoms with Crippen molar-refractivity contribution in [3.05, 3.63) is 0 Å². The van der Waals surface area contributed by atoms with Crippen LogP contribution < -0.4 is 5.32 Å². The predicted octanol–water partition coefficient (Wildman–Crippen LogP) is 0.425. The molecule has 1 aliphatic heterocycles. The smallest absolute Gasteiger partial charge is 0.216 e. The van der Waals surface area contributed by atoms with Gasteiger partial charge in [0, 0.05) is 19.6 Å². The van der Waals surface area contributed by atoms with Crippen molar-refractivity contribution in [1.82, 2.24) is 9.62 Å². The van der Waals surface area contributed by atoms with Crippen molar-refractivity contribution >= 4 is 10.0 Å². The summed E-state index contributed by atoms with van der Waals surface area (Å²) in [5, 5.41) is 3.22. The molecule has 0 radical (unpaired) electrons. The van der Waals surface area contributed by atoms with Crippen LogP contribution in [0.25, 0.3) is 0 Å². The molecular weight excluding hydrogens is 240 g/mol. The third-order valence-corrected chi connectivity index (χ3v) is 4.87. The van der Waals surface area contributed by atoms with Crippen molar-refractivity contribution < 1.29 is 13.2 Å². The van der Waals surface area contributed by atoms with Crippen molar-refractivity contribution in [3.63, 3.8) is 0 Å². The van der Waals surface area contributed by atoms with Gasteiger partial charge in [-0.2, -0.15) is 0 Å². The van der Waals surface area contributed by atoms with Gasteiger partial charge in [-0.3, -0.25) is 0 Å². The van der Waals surface area contributed by atoms with Gasteiger partial charge in [0.05, 0.1) is 18.5 Å². The highest BCUT2D eigenvalue weighted by Crippen LogP contribution is 2.12. The first-order valence-electron chi connectivity index (χ1n) is 6.21. The molecule has 0 spiro atoms. The molecule has 0 bridgehead atoms. The number of rotatable bonds is 6. The summed E-state index contributed by atoms with van der Waals surface area (Å²) in [6.45, 7) is 5.81. The Morgan fingerprint density at radius 3 is 2.71 bits per heavy atom. The topological polar surface area (TPSA) is 58.6 Å². The lowest BCUT2D eigenvalue weighted by atomic mass is 10.1. The molecule has 1 aliphatic rings. The number of sulfonamides is 1. The maximum absolute atomic E-state index is 12.0. The maximum Gasteiger partial charge on any atom is 0.216 e. The van der Waals surface area contributed by atoms with Gasteiger partial charge in [0.15, 0.2) is 0 Å². The van der Waals surface area contributed by atoms with Gasteiger partial charge >= 0.3 is 0 Å². The lowest BCUT2D eigenvalue weighted by molar-refractivity contribution is 0.0905. The second-order valence-electron chi connectivity index (χ2n) is 4.75. The summed E-state index contributed by atoms with van der Waals surface area (Å²) >= 11 is 0. The van der Waals surface area contributed by atoms with E-state index in [1.165, 1.54) is 4.31 Å². The molecule has 5 nitrogen and oxygen atoms in total. The molecule has 17 heavy (non-hydrogen) atoms. The monoisotopic (exact) mass is 264 g/mol. The van der Waals surface area contributed by atoms with Crippen LogP contribution in [0.3, 0.4) is 0 Å². The van der Waals surface area contributed by atoms with E-state index in [2.05, 4.69) is 5.32 Å². The zero-order chi connectivity index (χ0) is 12.9. The van der Waals surface area contributed by atoms with Crippen molar-refractivity contribution in [2.45, 2.75) is 38.8 Å². The Morgan fingerprint density at radius 1 is 1.47 bits per heavy atom. The minimum absolute atomic E-state index is 0.0676. The molecule has 1 fully saturated rings. The molecule has 0 amide bonds. The fourth-order valence-corrected chi connectivity index (χ4v) is 3.13. The highest BCUT2D eigenvalue weighted by molar-refractivity contribution is 7.89. The molecule has 102 valence electrons. The van der Waals surface area contributed by atoms with Crippen LogP contribution in [0.15, 0.2) is 0 Å². The molecular formula is C11H24N2O3S. The predicted molar refractivity (Wildman–Crippen MR) is 68.5 cm³/mol. The Morgan fingerprint density at radius 2 is 2.18 bits per heavy atom. The molecule has 1 N–H and O–H groups in total. The summed E-state index contributed by atoms with van der Waals surface area (Å²) in [6.07, 6.45) is 2.05. The quantitative estimate of drug-likeness (QED) is 0.755. The van der Waals surface area contributed by atoms with E-state index in [1.54, 1.807) is 7.05 Å². The van der Waals surface area contributed by atoms with E-state index in [4.69, 9.17) is 4.74 Å². The highest BCUT2D eigenvalue weighted by Gasteiger charge is 2.27. The molecule has 1 heterocycles. The minimum Gasteiger partial charge on any atom is -0.378 e. The summed E-state index contributed by atoms with van der Waals surface area (Å²) in [5.74, 6) is 0.0676. The first-order valence-corrected chi connectivity index (χ1v) is 7.82. The molecule has 1 rings (SSSR count). The molecule has 1 saturated heterocycles. The number of nitrogens with one attached hydrogen (secondary N) is 1. The van der Waals surface area contributed by atoms with Crippen LogP contribution in [0, 0.1) is 0 Å². The molecule has 1 atom stereocenters. The van der Waals surface area contributed by atoms with E-state index in [-0.39, 0.29) is 24.5 Å². The minimum atomic E-state index is -3.19. The molecule has 0 aliphatic carbocycles. The SMILES string of the molecule is CC(C)OCCS(=O)(=O)N(C)C1CCCNC1. The first kappa shape index (κ1) is 14.9. The van der Waals surface area contributed by atoms with Gasteiger partial charge in [0.2, 0.25) is 10.0 Å². The Labute approximate surface area is 105 Å². The lowest BCUT2D eigenvalue weighted by Gasteiger charge is -2.30. The second kappa shape index (κ2) is 6.68. The van der Waals surface area contributed by atoms with Gasteiger partial charge in [-0.05, 0) is 33.2 Å². The van der Waals surface area contributed by atoms with Crippen molar-refractivity contribution in [1.29, 1.82) is 0 Å². The second-order valence-corrected chi connectivity index (χ2v) is 6.90. The van der Waals surface area contributed by atoms with Gasteiger partial charge in [0.25, 0.3) is 0 Å². The third kappa shape index (κ3) is 4.91. The summed E-state index contributed by atoms with van der Waals surface area (Å²) < 4.78 is 30.9. The summed E-state index contributed by atoms with van der Waals surface area (Å²) in [7, 11) is -1.52. The molecule has 6 heteroatoms. The van der Waals surface area contributed by atoms with E-state index in [0.29, 0.717) is 0 Å². The zero-order valence-electron chi connectivity index (χ0n) is 11.0. The Hall–Kier alpha value is -0.170. The summed E-state index contributed by atoms with van der Waals surface area (Å²) in [5.41, 5.74) is 0. The number of likely N-dealkylation sites (N-methyl/N-ethyl adjacent to an activating group) is 1. The van der Waals surface area contributed by atoms with Crippen LogP contribution in [0.4, 0.5) is 0 Å². The van der Waals surface area contributed by atoms with E-state index < -0.39 is 10.0 Å². The van der Waals surface area contributed by atoms with E-state index >= 15 is 0 Å². The van der Waals surface area contributed by atoms with Crippen LogP contribution in [0.5, 0.6) is 0 Å². The van der Waals surface area contributed by atoms with E-state index in [9.17, 15) is 8.42 Å². The fourth-order valence-electron chi connectivity index (χ4n) is 1.90. The van der Waals surface area contributed by atoms with Crippen molar-refractivity contribution in [2.75, 3.05) is 32.5 Å². The van der Waals surface area contributed by atoms with Gasteiger partial charge in [-0.15, -0.1) is 0 Å². The van der Waals surface area contributed by atoms with Gasteiger partial charge in [0.1, 0.15) is 0 Å². The van der Waals surface area contributed by atoms with Crippen molar-refractivity contribution in [3.8, 4) is 0 Å². The number of hydrogen-bond acceptors (Lipinski definition) is 4. The summed E-state index contributed by atoms with van der Waals surface area (Å²) in [6, 6.07) is 0.0906. The zero-order valence-corrected chi connectivity index (χ0v) is 11.8. The Balaban J connectivity index is 2.44. The van der Waals surface area contributed by atoms with Crippen LogP contribution in [0.2, 0.25) is 0 Å². The molecule has 0 saturated carbocycles. The summed E-state index contributed by atoms with van der Waals surface area (Å²) in [4.78, 5) is 0. The van der Waals surface area contributed by atoms with Crippen molar-refractivity contribution in [2.24, 2.45) is 0 Å². The van der Waals surface area contributed by atoms with Crippen LogP contribution in [0.1, 0.15) is 26.7 Å². The van der Waals surface area contributed by atoms with Gasteiger partial charge in [-0.25, -0.2) is 12.7 Å². The third-order valence-electron chi connectivity index (χ3n) is 3.02.